The standard InChI is InChI=1S/C53H90O6/c1-4-7-10-13-16-19-22-24-25-26-27-28-29-32-34-37-40-43-46-52(55)58-49-50(48-57-51(54)45-42-39-36-33-30-21-18-15-12-9-6-3)59-53(56)47-44-41-38-35-31-23-20-17-14-11-8-5-2/h8,11,15,17-18,20-21,25-28,30,50H,4-7,9-10,12-14,16,19,22-24,29,31-49H2,1-3H3/b11-8-,18-15-,20-17-,26-25-,28-27-,30-21-. The van der Waals surface area contributed by atoms with Gasteiger partial charge in [0.25, 0.3) is 0 Å². The molecule has 0 aliphatic carbocycles. The van der Waals surface area contributed by atoms with Crippen molar-refractivity contribution in [1.29, 1.82) is 0 Å². The van der Waals surface area contributed by atoms with Crippen LogP contribution in [0.4, 0.5) is 0 Å². The van der Waals surface area contributed by atoms with Gasteiger partial charge >= 0.3 is 17.9 Å². The molecule has 0 aromatic carbocycles. The van der Waals surface area contributed by atoms with Crippen molar-refractivity contribution in [2.45, 2.75) is 232 Å². The minimum Gasteiger partial charge on any atom is -0.462 e. The highest BCUT2D eigenvalue weighted by molar-refractivity contribution is 5.71. The van der Waals surface area contributed by atoms with Crippen LogP contribution >= 0.6 is 0 Å². The van der Waals surface area contributed by atoms with Crippen LogP contribution in [-0.2, 0) is 28.6 Å². The average molecular weight is 823 g/mol. The molecule has 0 saturated carbocycles. The highest BCUT2D eigenvalue weighted by atomic mass is 16.6. The summed E-state index contributed by atoms with van der Waals surface area (Å²) in [6.45, 7) is 6.41. The zero-order valence-corrected chi connectivity index (χ0v) is 38.5. The van der Waals surface area contributed by atoms with E-state index in [0.717, 1.165) is 122 Å². The Morgan fingerprint density at radius 2 is 0.729 bits per heavy atom. The second-order valence-corrected chi connectivity index (χ2v) is 16.0. The van der Waals surface area contributed by atoms with Gasteiger partial charge in [0.05, 0.1) is 0 Å². The largest absolute Gasteiger partial charge is 0.462 e. The topological polar surface area (TPSA) is 78.9 Å². The minimum atomic E-state index is -0.798. The number of hydrogen-bond acceptors (Lipinski definition) is 6. The zero-order valence-electron chi connectivity index (χ0n) is 38.5. The van der Waals surface area contributed by atoms with Gasteiger partial charge in [-0.2, -0.15) is 0 Å². The number of esters is 3. The lowest BCUT2D eigenvalue weighted by molar-refractivity contribution is -0.167. The summed E-state index contributed by atoms with van der Waals surface area (Å²) in [6, 6.07) is 0. The summed E-state index contributed by atoms with van der Waals surface area (Å²) >= 11 is 0. The van der Waals surface area contributed by atoms with Crippen LogP contribution in [0.15, 0.2) is 72.9 Å². The van der Waals surface area contributed by atoms with Crippen molar-refractivity contribution in [3.8, 4) is 0 Å². The summed E-state index contributed by atoms with van der Waals surface area (Å²) in [5, 5.41) is 0. The van der Waals surface area contributed by atoms with E-state index < -0.39 is 6.10 Å². The summed E-state index contributed by atoms with van der Waals surface area (Å²) in [5.74, 6) is -0.959. The van der Waals surface area contributed by atoms with Crippen LogP contribution in [0.3, 0.4) is 0 Å². The molecule has 0 saturated heterocycles. The summed E-state index contributed by atoms with van der Waals surface area (Å²) in [6.07, 6.45) is 58.9. The maximum Gasteiger partial charge on any atom is 0.306 e. The van der Waals surface area contributed by atoms with Crippen LogP contribution < -0.4 is 0 Å². The van der Waals surface area contributed by atoms with Crippen LogP contribution in [0.1, 0.15) is 226 Å². The van der Waals surface area contributed by atoms with E-state index >= 15 is 0 Å². The van der Waals surface area contributed by atoms with Gasteiger partial charge in [-0.05, 0) is 89.9 Å². The Kier molecular flexibility index (Phi) is 45.0. The normalized spacial score (nSPS) is 12.7. The number of carbonyl (C=O) groups is 3. The van der Waals surface area contributed by atoms with Crippen LogP contribution in [0.2, 0.25) is 0 Å². The summed E-state index contributed by atoms with van der Waals surface area (Å²) in [7, 11) is 0. The van der Waals surface area contributed by atoms with E-state index in [4.69, 9.17) is 14.2 Å². The zero-order chi connectivity index (χ0) is 43.0. The quantitative estimate of drug-likeness (QED) is 0.0200. The number of unbranched alkanes of at least 4 members (excludes halogenated alkanes) is 22. The van der Waals surface area contributed by atoms with Gasteiger partial charge in [0, 0.05) is 19.3 Å². The van der Waals surface area contributed by atoms with E-state index in [2.05, 4.69) is 93.7 Å². The van der Waals surface area contributed by atoms with E-state index in [-0.39, 0.29) is 31.1 Å². The molecule has 0 rings (SSSR count). The van der Waals surface area contributed by atoms with Gasteiger partial charge < -0.3 is 14.2 Å². The van der Waals surface area contributed by atoms with Gasteiger partial charge in [0.1, 0.15) is 13.2 Å². The van der Waals surface area contributed by atoms with Crippen molar-refractivity contribution >= 4 is 17.9 Å². The third kappa shape index (κ3) is 45.8. The molecule has 6 heteroatoms. The lowest BCUT2D eigenvalue weighted by atomic mass is 10.1. The number of ether oxygens (including phenoxy) is 3. The van der Waals surface area contributed by atoms with Gasteiger partial charge in [-0.1, -0.05) is 190 Å². The van der Waals surface area contributed by atoms with Gasteiger partial charge in [-0.15, -0.1) is 0 Å². The van der Waals surface area contributed by atoms with Crippen molar-refractivity contribution in [3.63, 3.8) is 0 Å². The van der Waals surface area contributed by atoms with Crippen molar-refractivity contribution in [2.75, 3.05) is 13.2 Å². The van der Waals surface area contributed by atoms with Crippen LogP contribution in [-0.4, -0.2) is 37.2 Å². The maximum atomic E-state index is 12.7. The molecule has 338 valence electrons. The molecule has 1 unspecified atom stereocenters. The molecule has 0 bridgehead atoms. The molecule has 0 heterocycles. The molecule has 59 heavy (non-hydrogen) atoms. The predicted octanol–water partition coefficient (Wildman–Crippen LogP) is 15.9. The molecular weight excluding hydrogens is 733 g/mol. The molecule has 0 radical (unpaired) electrons. The molecular formula is C53H90O6. The molecule has 0 N–H and O–H groups in total. The van der Waals surface area contributed by atoms with E-state index in [1.807, 2.05) is 0 Å². The van der Waals surface area contributed by atoms with E-state index in [0.29, 0.717) is 19.3 Å². The fourth-order valence-corrected chi connectivity index (χ4v) is 6.51. The van der Waals surface area contributed by atoms with Crippen molar-refractivity contribution in [1.82, 2.24) is 0 Å². The molecule has 0 amide bonds. The van der Waals surface area contributed by atoms with Gasteiger partial charge in [0.15, 0.2) is 6.10 Å². The van der Waals surface area contributed by atoms with Crippen molar-refractivity contribution < 1.29 is 28.6 Å². The Hall–Kier alpha value is -3.15. The lowest BCUT2D eigenvalue weighted by Gasteiger charge is -2.18. The second-order valence-electron chi connectivity index (χ2n) is 16.0. The van der Waals surface area contributed by atoms with Crippen molar-refractivity contribution in [3.05, 3.63) is 72.9 Å². The first-order chi connectivity index (χ1) is 29.0. The molecule has 1 atom stereocenters. The molecule has 0 aromatic rings. The first-order valence-electron chi connectivity index (χ1n) is 24.5. The fourth-order valence-electron chi connectivity index (χ4n) is 6.51. The monoisotopic (exact) mass is 823 g/mol. The summed E-state index contributed by atoms with van der Waals surface area (Å²) in [4.78, 5) is 37.8. The van der Waals surface area contributed by atoms with Crippen LogP contribution in [0, 0.1) is 0 Å². The Labute approximate surface area is 363 Å². The number of carbonyl (C=O) groups excluding carboxylic acids is 3. The average Bonchev–Trinajstić information content (AvgIpc) is 3.23. The Morgan fingerprint density at radius 3 is 1.19 bits per heavy atom. The van der Waals surface area contributed by atoms with E-state index in [9.17, 15) is 14.4 Å². The number of rotatable bonds is 43. The van der Waals surface area contributed by atoms with Crippen LogP contribution in [0.5, 0.6) is 0 Å². The predicted molar refractivity (Wildman–Crippen MR) is 251 cm³/mol. The molecule has 0 aliphatic rings. The first kappa shape index (κ1) is 55.9. The summed E-state index contributed by atoms with van der Waals surface area (Å²) in [5.41, 5.74) is 0. The number of hydrogen-bond donors (Lipinski definition) is 0. The first-order valence-corrected chi connectivity index (χ1v) is 24.5. The Morgan fingerprint density at radius 1 is 0.373 bits per heavy atom. The molecule has 0 spiro atoms. The molecule has 6 nitrogen and oxygen atoms in total. The summed E-state index contributed by atoms with van der Waals surface area (Å²) < 4.78 is 16.7. The Bertz CT molecular complexity index is 1130. The van der Waals surface area contributed by atoms with Crippen molar-refractivity contribution in [2.24, 2.45) is 0 Å². The van der Waals surface area contributed by atoms with Gasteiger partial charge in [-0.3, -0.25) is 14.4 Å². The van der Waals surface area contributed by atoms with E-state index in [1.165, 1.54) is 64.2 Å². The smallest absolute Gasteiger partial charge is 0.306 e. The fraction of sp³-hybridized carbons (Fsp3) is 0.717. The number of allylic oxidation sites excluding steroid dienone is 12. The Balaban J connectivity index is 4.42. The third-order valence-corrected chi connectivity index (χ3v) is 10.2. The minimum absolute atomic E-state index is 0.0986. The van der Waals surface area contributed by atoms with Gasteiger partial charge in [0.2, 0.25) is 0 Å². The second kappa shape index (κ2) is 47.5. The van der Waals surface area contributed by atoms with Crippen LogP contribution in [0.25, 0.3) is 0 Å². The molecule has 0 fully saturated rings. The third-order valence-electron chi connectivity index (χ3n) is 10.2. The van der Waals surface area contributed by atoms with E-state index in [1.54, 1.807) is 0 Å². The van der Waals surface area contributed by atoms with Gasteiger partial charge in [-0.25, -0.2) is 0 Å². The molecule has 0 aromatic heterocycles. The lowest BCUT2D eigenvalue weighted by Crippen LogP contribution is -2.30. The molecule has 0 aliphatic heterocycles. The maximum absolute atomic E-state index is 12.7. The highest BCUT2D eigenvalue weighted by Crippen LogP contribution is 2.13. The SMILES string of the molecule is CC/C=C\C/C=C\CCCCCCCC(=O)OC(COC(=O)CCCCC/C=C\C=C/CCCC)COC(=O)CCCCCCC/C=C\C=C/CCCCCCCCC. The highest BCUT2D eigenvalue weighted by Gasteiger charge is 2.19.